The van der Waals surface area contributed by atoms with E-state index in [4.69, 9.17) is 4.74 Å². The molecule has 1 fully saturated rings. The minimum absolute atomic E-state index is 0.0180. The Morgan fingerprint density at radius 1 is 1.20 bits per heavy atom. The first-order chi connectivity index (χ1) is 11.6. The Morgan fingerprint density at radius 2 is 1.84 bits per heavy atom. The highest BCUT2D eigenvalue weighted by Gasteiger charge is 2.46. The summed E-state index contributed by atoms with van der Waals surface area (Å²) in [5, 5.41) is 9.79. The van der Waals surface area contributed by atoms with Crippen LogP contribution in [-0.2, 0) is 9.53 Å². The van der Waals surface area contributed by atoms with Crippen LogP contribution in [0.4, 0.5) is 4.79 Å². The third-order valence-corrected chi connectivity index (χ3v) is 4.28. The van der Waals surface area contributed by atoms with Gasteiger partial charge in [-0.25, -0.2) is 4.79 Å². The van der Waals surface area contributed by atoms with E-state index in [-0.39, 0.29) is 18.7 Å². The zero-order valence-corrected chi connectivity index (χ0v) is 14.9. The standard InChI is InChI=1S/C19H25NO5/c1-18(2,3)25-17(24)20-11-7-10-19(13-20,16(22)23)12-15(21)14-8-5-4-6-9-14/h4-6,8-9H,7,10-13H2,1-3H3,(H,22,23)/t19-/m0/s1. The normalized spacial score (nSPS) is 20.8. The number of aliphatic carboxylic acids is 1. The van der Waals surface area contributed by atoms with Crippen LogP contribution in [-0.4, -0.2) is 46.5 Å². The number of likely N-dealkylation sites (tertiary alicyclic amines) is 1. The highest BCUT2D eigenvalue weighted by Crippen LogP contribution is 2.35. The second-order valence-electron chi connectivity index (χ2n) is 7.56. The van der Waals surface area contributed by atoms with Crippen LogP contribution >= 0.6 is 0 Å². The molecule has 1 heterocycles. The number of hydrogen-bond donors (Lipinski definition) is 1. The molecule has 136 valence electrons. The summed E-state index contributed by atoms with van der Waals surface area (Å²) in [6.07, 6.45) is 0.212. The molecule has 25 heavy (non-hydrogen) atoms. The van der Waals surface area contributed by atoms with Crippen molar-refractivity contribution in [2.24, 2.45) is 5.41 Å². The second kappa shape index (κ2) is 7.25. The quantitative estimate of drug-likeness (QED) is 0.844. The Balaban J connectivity index is 2.17. The molecule has 0 aromatic heterocycles. The number of rotatable bonds is 4. The fourth-order valence-corrected chi connectivity index (χ4v) is 3.04. The maximum absolute atomic E-state index is 12.5. The first-order valence-electron chi connectivity index (χ1n) is 8.43. The highest BCUT2D eigenvalue weighted by molar-refractivity contribution is 5.99. The van der Waals surface area contributed by atoms with Crippen LogP contribution in [0.1, 0.15) is 50.4 Å². The molecule has 0 spiro atoms. The number of Topliss-reactive ketones (excluding diaryl/α,β-unsaturated/α-hetero) is 1. The van der Waals surface area contributed by atoms with Gasteiger partial charge in [-0.15, -0.1) is 0 Å². The van der Waals surface area contributed by atoms with Gasteiger partial charge in [0, 0.05) is 25.1 Å². The van der Waals surface area contributed by atoms with E-state index in [9.17, 15) is 19.5 Å². The maximum Gasteiger partial charge on any atom is 0.410 e. The van der Waals surface area contributed by atoms with Crippen molar-refractivity contribution < 1.29 is 24.2 Å². The predicted molar refractivity (Wildman–Crippen MR) is 92.5 cm³/mol. The Morgan fingerprint density at radius 3 is 2.40 bits per heavy atom. The maximum atomic E-state index is 12.5. The first-order valence-corrected chi connectivity index (χ1v) is 8.43. The number of nitrogens with zero attached hydrogens (tertiary/aromatic N) is 1. The van der Waals surface area contributed by atoms with Gasteiger partial charge in [0.15, 0.2) is 5.78 Å². The third kappa shape index (κ3) is 4.81. The molecule has 1 saturated heterocycles. The van der Waals surface area contributed by atoms with E-state index in [0.29, 0.717) is 24.9 Å². The number of ketones is 1. The Kier molecular flexibility index (Phi) is 5.50. The van der Waals surface area contributed by atoms with Crippen molar-refractivity contribution in [3.8, 4) is 0 Å². The first kappa shape index (κ1) is 19.0. The van der Waals surface area contributed by atoms with Gasteiger partial charge in [0.25, 0.3) is 0 Å². The lowest BCUT2D eigenvalue weighted by molar-refractivity contribution is -0.152. The van der Waals surface area contributed by atoms with Gasteiger partial charge in [-0.3, -0.25) is 9.59 Å². The average Bonchev–Trinajstić information content (AvgIpc) is 2.54. The van der Waals surface area contributed by atoms with Crippen molar-refractivity contribution in [2.45, 2.75) is 45.6 Å². The molecule has 2 rings (SSSR count). The van der Waals surface area contributed by atoms with Gasteiger partial charge in [-0.05, 0) is 33.6 Å². The number of amides is 1. The van der Waals surface area contributed by atoms with Crippen molar-refractivity contribution in [3.63, 3.8) is 0 Å². The van der Waals surface area contributed by atoms with E-state index in [2.05, 4.69) is 0 Å². The minimum Gasteiger partial charge on any atom is -0.481 e. The summed E-state index contributed by atoms with van der Waals surface area (Å²) in [7, 11) is 0. The molecule has 1 aliphatic heterocycles. The topological polar surface area (TPSA) is 83.9 Å². The van der Waals surface area contributed by atoms with Crippen molar-refractivity contribution in [1.29, 1.82) is 0 Å². The van der Waals surface area contributed by atoms with E-state index in [1.807, 2.05) is 0 Å². The second-order valence-corrected chi connectivity index (χ2v) is 7.56. The molecule has 1 aromatic rings. The lowest BCUT2D eigenvalue weighted by Gasteiger charge is -2.40. The summed E-state index contributed by atoms with van der Waals surface area (Å²) < 4.78 is 5.35. The number of hydrogen-bond acceptors (Lipinski definition) is 4. The summed E-state index contributed by atoms with van der Waals surface area (Å²) >= 11 is 0. The average molecular weight is 347 g/mol. The Bertz CT molecular complexity index is 650. The minimum atomic E-state index is -1.28. The zero-order chi connectivity index (χ0) is 18.7. The fraction of sp³-hybridized carbons (Fsp3) is 0.526. The van der Waals surface area contributed by atoms with E-state index in [1.165, 1.54) is 4.90 Å². The van der Waals surface area contributed by atoms with Crippen LogP contribution in [0.5, 0.6) is 0 Å². The molecule has 1 aromatic carbocycles. The molecule has 0 aliphatic carbocycles. The van der Waals surface area contributed by atoms with E-state index < -0.39 is 23.1 Å². The molecule has 1 atom stereocenters. The van der Waals surface area contributed by atoms with Crippen molar-refractivity contribution in [2.75, 3.05) is 13.1 Å². The predicted octanol–water partition coefficient (Wildman–Crippen LogP) is 3.36. The molecule has 0 saturated carbocycles. The SMILES string of the molecule is CC(C)(C)OC(=O)N1CCC[C@@](CC(=O)c2ccccc2)(C(=O)O)C1. The molecule has 1 aliphatic rings. The van der Waals surface area contributed by atoms with E-state index in [1.54, 1.807) is 51.1 Å². The number of carbonyl (C=O) groups is 3. The van der Waals surface area contributed by atoms with Crippen LogP contribution in [0.2, 0.25) is 0 Å². The molecule has 1 N–H and O–H groups in total. The summed E-state index contributed by atoms with van der Waals surface area (Å²) in [5.74, 6) is -1.28. The van der Waals surface area contributed by atoms with Crippen molar-refractivity contribution >= 4 is 17.8 Å². The van der Waals surface area contributed by atoms with Crippen LogP contribution in [0.3, 0.4) is 0 Å². The number of ether oxygens (including phenoxy) is 1. The van der Waals surface area contributed by atoms with Crippen LogP contribution in [0, 0.1) is 5.41 Å². The molecule has 6 nitrogen and oxygen atoms in total. The smallest absolute Gasteiger partial charge is 0.410 e. The van der Waals surface area contributed by atoms with E-state index >= 15 is 0 Å². The highest BCUT2D eigenvalue weighted by atomic mass is 16.6. The molecule has 0 radical (unpaired) electrons. The van der Waals surface area contributed by atoms with Gasteiger partial charge in [0.05, 0.1) is 5.41 Å². The van der Waals surface area contributed by atoms with Gasteiger partial charge < -0.3 is 14.7 Å². The largest absolute Gasteiger partial charge is 0.481 e. The summed E-state index contributed by atoms with van der Waals surface area (Å²) in [6, 6.07) is 8.64. The lowest BCUT2D eigenvalue weighted by Crippen LogP contribution is -2.51. The van der Waals surface area contributed by atoms with Gasteiger partial charge in [-0.2, -0.15) is 0 Å². The van der Waals surface area contributed by atoms with Crippen LogP contribution < -0.4 is 0 Å². The number of benzene rings is 1. The van der Waals surface area contributed by atoms with Gasteiger partial charge >= 0.3 is 12.1 Å². The zero-order valence-electron chi connectivity index (χ0n) is 14.9. The van der Waals surface area contributed by atoms with Gasteiger partial charge in [-0.1, -0.05) is 30.3 Å². The van der Waals surface area contributed by atoms with Gasteiger partial charge in [0.1, 0.15) is 5.60 Å². The van der Waals surface area contributed by atoms with Crippen molar-refractivity contribution in [1.82, 2.24) is 4.90 Å². The summed E-state index contributed by atoms with van der Waals surface area (Å²) in [5.41, 5.74) is -1.44. The summed E-state index contributed by atoms with van der Waals surface area (Å²) in [4.78, 5) is 38.2. The van der Waals surface area contributed by atoms with Crippen LogP contribution in [0.25, 0.3) is 0 Å². The van der Waals surface area contributed by atoms with E-state index in [0.717, 1.165) is 0 Å². The van der Waals surface area contributed by atoms with Crippen molar-refractivity contribution in [3.05, 3.63) is 35.9 Å². The monoisotopic (exact) mass is 347 g/mol. The Labute approximate surface area is 147 Å². The number of carboxylic acid groups (broad SMARTS) is 1. The molecule has 0 unspecified atom stereocenters. The molecule has 1 amide bonds. The number of carboxylic acids is 1. The molecular formula is C19H25NO5. The molecular weight excluding hydrogens is 322 g/mol. The third-order valence-electron chi connectivity index (χ3n) is 4.28. The molecule has 0 bridgehead atoms. The lowest BCUT2D eigenvalue weighted by atomic mass is 9.75. The molecule has 6 heteroatoms. The number of piperidine rings is 1. The Hall–Kier alpha value is -2.37. The number of carbonyl (C=O) groups excluding carboxylic acids is 2. The van der Waals surface area contributed by atoms with Gasteiger partial charge in [0.2, 0.25) is 0 Å². The summed E-state index contributed by atoms with van der Waals surface area (Å²) in [6.45, 7) is 5.70. The fourth-order valence-electron chi connectivity index (χ4n) is 3.04. The van der Waals surface area contributed by atoms with Crippen LogP contribution in [0.15, 0.2) is 30.3 Å².